The van der Waals surface area contributed by atoms with Gasteiger partial charge < -0.3 is 0 Å². The van der Waals surface area contributed by atoms with E-state index < -0.39 is 0 Å². The van der Waals surface area contributed by atoms with Gasteiger partial charge in [0.1, 0.15) is 0 Å². The average molecular weight is 183 g/mol. The molecule has 62 valence electrons. The summed E-state index contributed by atoms with van der Waals surface area (Å²) in [7, 11) is 0. The highest BCUT2D eigenvalue weighted by Crippen LogP contribution is 2.11. The highest BCUT2D eigenvalue weighted by molar-refractivity contribution is 6.33. The van der Waals surface area contributed by atoms with Crippen LogP contribution in [0.2, 0.25) is 5.02 Å². The molecule has 1 aromatic carbocycles. The highest BCUT2D eigenvalue weighted by atomic mass is 35.5. The van der Waals surface area contributed by atoms with E-state index in [1.54, 1.807) is 12.1 Å². The maximum absolute atomic E-state index is 9.82. The Hall–Kier alpha value is -1.35. The van der Waals surface area contributed by atoms with Crippen LogP contribution in [0.5, 0.6) is 0 Å². The van der Waals surface area contributed by atoms with Gasteiger partial charge in [-0.25, -0.2) is 5.43 Å². The van der Waals surface area contributed by atoms with Crippen molar-refractivity contribution in [1.82, 2.24) is 5.43 Å². The van der Waals surface area contributed by atoms with Crippen molar-refractivity contribution in [2.75, 3.05) is 0 Å². The number of nitrogens with zero attached hydrogens (tertiary/aromatic N) is 1. The molecule has 4 heteroatoms. The van der Waals surface area contributed by atoms with Gasteiger partial charge in [-0.15, -0.1) is 0 Å². The molecule has 0 unspecified atom stereocenters. The molecular formula is C8H7ClN2O. The second-order valence-corrected chi connectivity index (χ2v) is 2.43. The molecule has 12 heavy (non-hydrogen) atoms. The predicted molar refractivity (Wildman–Crippen MR) is 48.2 cm³/mol. The Labute approximate surface area is 75.0 Å². The molecule has 1 amide bonds. The van der Waals surface area contributed by atoms with E-state index in [0.29, 0.717) is 11.4 Å². The monoisotopic (exact) mass is 182 g/mol. The first kappa shape index (κ1) is 8.74. The number of hydrogen-bond donors (Lipinski definition) is 1. The van der Waals surface area contributed by atoms with E-state index in [1.807, 2.05) is 12.1 Å². The first-order valence-corrected chi connectivity index (χ1v) is 3.69. The molecule has 3 nitrogen and oxygen atoms in total. The molecular weight excluding hydrogens is 176 g/mol. The normalized spacial score (nSPS) is 10.1. The van der Waals surface area contributed by atoms with Gasteiger partial charge in [0.2, 0.25) is 6.41 Å². The van der Waals surface area contributed by atoms with E-state index >= 15 is 0 Å². The SMILES string of the molecule is O=CN/N=C/c1ccccc1Cl. The van der Waals surface area contributed by atoms with Gasteiger partial charge in [-0.3, -0.25) is 4.79 Å². The molecule has 0 aromatic heterocycles. The third kappa shape index (κ3) is 2.36. The zero-order valence-electron chi connectivity index (χ0n) is 6.20. The Kier molecular flexibility index (Phi) is 3.29. The second kappa shape index (κ2) is 4.51. The first-order valence-electron chi connectivity index (χ1n) is 3.31. The standard InChI is InChI=1S/C8H7ClN2O/c9-8-4-2-1-3-7(8)5-10-11-6-12/h1-6H,(H,11,12)/b10-5+. The topological polar surface area (TPSA) is 41.5 Å². The number of rotatable bonds is 3. The minimum Gasteiger partial charge on any atom is -0.277 e. The Morgan fingerprint density at radius 2 is 2.17 bits per heavy atom. The largest absolute Gasteiger partial charge is 0.277 e. The number of carbonyl (C=O) groups is 1. The number of halogens is 1. The molecule has 0 aliphatic heterocycles. The van der Waals surface area contributed by atoms with Gasteiger partial charge in [0.05, 0.1) is 6.21 Å². The van der Waals surface area contributed by atoms with E-state index in [2.05, 4.69) is 10.5 Å². The summed E-state index contributed by atoms with van der Waals surface area (Å²) >= 11 is 5.80. The molecule has 1 N–H and O–H groups in total. The molecule has 0 saturated carbocycles. The van der Waals surface area contributed by atoms with Crippen molar-refractivity contribution in [3.63, 3.8) is 0 Å². The molecule has 1 aromatic rings. The van der Waals surface area contributed by atoms with Gasteiger partial charge in [-0.1, -0.05) is 29.8 Å². The van der Waals surface area contributed by atoms with Crippen molar-refractivity contribution < 1.29 is 4.79 Å². The lowest BCUT2D eigenvalue weighted by Gasteiger charge is -1.94. The van der Waals surface area contributed by atoms with Crippen molar-refractivity contribution >= 4 is 24.2 Å². The Balaban J connectivity index is 2.74. The van der Waals surface area contributed by atoms with Crippen molar-refractivity contribution in [2.24, 2.45) is 5.10 Å². The minimum atomic E-state index is 0.493. The molecule has 0 saturated heterocycles. The quantitative estimate of drug-likeness (QED) is 0.429. The van der Waals surface area contributed by atoms with Crippen molar-refractivity contribution in [2.45, 2.75) is 0 Å². The van der Waals surface area contributed by atoms with E-state index in [1.165, 1.54) is 6.21 Å². The van der Waals surface area contributed by atoms with Crippen LogP contribution in [-0.4, -0.2) is 12.6 Å². The van der Waals surface area contributed by atoms with Crippen LogP contribution in [0.1, 0.15) is 5.56 Å². The lowest BCUT2D eigenvalue weighted by molar-refractivity contribution is -0.109. The van der Waals surface area contributed by atoms with Crippen LogP contribution in [0.25, 0.3) is 0 Å². The van der Waals surface area contributed by atoms with Crippen LogP contribution in [0.3, 0.4) is 0 Å². The number of nitrogens with one attached hydrogen (secondary N) is 1. The smallest absolute Gasteiger partial charge is 0.227 e. The summed E-state index contributed by atoms with van der Waals surface area (Å²) in [5.74, 6) is 0. The molecule has 0 fully saturated rings. The fourth-order valence-electron chi connectivity index (χ4n) is 0.717. The average Bonchev–Trinajstić information content (AvgIpc) is 2.09. The molecule has 0 spiro atoms. The van der Waals surface area contributed by atoms with Crippen LogP contribution in [0.15, 0.2) is 29.4 Å². The lowest BCUT2D eigenvalue weighted by Crippen LogP contribution is -2.00. The van der Waals surface area contributed by atoms with E-state index in [0.717, 1.165) is 5.56 Å². The highest BCUT2D eigenvalue weighted by Gasteiger charge is 1.92. The maximum atomic E-state index is 9.82. The fourth-order valence-corrected chi connectivity index (χ4v) is 0.902. The van der Waals surface area contributed by atoms with Crippen LogP contribution < -0.4 is 5.43 Å². The summed E-state index contributed by atoms with van der Waals surface area (Å²) in [6.07, 6.45) is 1.98. The summed E-state index contributed by atoms with van der Waals surface area (Å²) in [6, 6.07) is 7.23. The molecule has 0 atom stereocenters. The molecule has 0 bridgehead atoms. The molecule has 0 heterocycles. The molecule has 0 radical (unpaired) electrons. The van der Waals surface area contributed by atoms with Crippen molar-refractivity contribution in [3.8, 4) is 0 Å². The fraction of sp³-hybridized carbons (Fsp3) is 0. The van der Waals surface area contributed by atoms with E-state index in [-0.39, 0.29) is 0 Å². The van der Waals surface area contributed by atoms with E-state index in [4.69, 9.17) is 11.6 Å². The summed E-state index contributed by atoms with van der Waals surface area (Å²) in [5.41, 5.74) is 2.93. The van der Waals surface area contributed by atoms with Crippen LogP contribution in [-0.2, 0) is 4.79 Å². The molecule has 1 rings (SSSR count). The number of hydrazone groups is 1. The molecule has 0 aliphatic carbocycles. The van der Waals surface area contributed by atoms with Crippen LogP contribution in [0.4, 0.5) is 0 Å². The first-order chi connectivity index (χ1) is 5.84. The summed E-state index contributed by atoms with van der Waals surface area (Å²) < 4.78 is 0. The van der Waals surface area contributed by atoms with Crippen molar-refractivity contribution in [3.05, 3.63) is 34.9 Å². The Morgan fingerprint density at radius 3 is 2.83 bits per heavy atom. The third-order valence-corrected chi connectivity index (χ3v) is 1.58. The third-order valence-electron chi connectivity index (χ3n) is 1.24. The van der Waals surface area contributed by atoms with Gasteiger partial charge in [0.25, 0.3) is 0 Å². The number of hydrogen-bond acceptors (Lipinski definition) is 2. The van der Waals surface area contributed by atoms with Gasteiger partial charge in [0, 0.05) is 10.6 Å². The lowest BCUT2D eigenvalue weighted by atomic mass is 10.2. The summed E-state index contributed by atoms with van der Waals surface area (Å²) in [5, 5.41) is 4.20. The van der Waals surface area contributed by atoms with Gasteiger partial charge >= 0.3 is 0 Å². The summed E-state index contributed by atoms with van der Waals surface area (Å²) in [6.45, 7) is 0. The van der Waals surface area contributed by atoms with Gasteiger partial charge in [0.15, 0.2) is 0 Å². The van der Waals surface area contributed by atoms with Gasteiger partial charge in [-0.05, 0) is 6.07 Å². The van der Waals surface area contributed by atoms with E-state index in [9.17, 15) is 4.79 Å². The van der Waals surface area contributed by atoms with Crippen LogP contribution >= 0.6 is 11.6 Å². The minimum absolute atomic E-state index is 0.493. The zero-order chi connectivity index (χ0) is 8.81. The Morgan fingerprint density at radius 1 is 1.42 bits per heavy atom. The molecule has 0 aliphatic rings. The zero-order valence-corrected chi connectivity index (χ0v) is 6.95. The summed E-state index contributed by atoms with van der Waals surface area (Å²) in [4.78, 5) is 9.82. The maximum Gasteiger partial charge on any atom is 0.227 e. The second-order valence-electron chi connectivity index (χ2n) is 2.03. The number of amides is 1. The number of carbonyl (C=O) groups excluding carboxylic acids is 1. The predicted octanol–water partition coefficient (Wildman–Crippen LogP) is 1.42. The van der Waals surface area contributed by atoms with Crippen molar-refractivity contribution in [1.29, 1.82) is 0 Å². The van der Waals surface area contributed by atoms with Crippen LogP contribution in [0, 0.1) is 0 Å². The van der Waals surface area contributed by atoms with Gasteiger partial charge in [-0.2, -0.15) is 5.10 Å². The number of benzene rings is 1. The Bertz CT molecular complexity index is 299.